The van der Waals surface area contributed by atoms with Crippen LogP contribution < -0.4 is 15.0 Å². The van der Waals surface area contributed by atoms with Gasteiger partial charge in [-0.3, -0.25) is 4.79 Å². The van der Waals surface area contributed by atoms with E-state index in [4.69, 9.17) is 21.1 Å². The minimum atomic E-state index is -0.390. The zero-order valence-electron chi connectivity index (χ0n) is 12.4. The topological polar surface area (TPSA) is 67.9 Å². The standard InChI is InChI=1S/C15H19ClN2O4/c1-2-21-7-3-6-17-14(19)9-18-10-15(20)22-13-5-4-11(16)8-12(13)18/h4-5,8H,2-3,6-7,9-10H2,1H3,(H,17,19). The molecule has 0 fully saturated rings. The van der Waals surface area contributed by atoms with E-state index in [0.29, 0.717) is 36.2 Å². The summed E-state index contributed by atoms with van der Waals surface area (Å²) < 4.78 is 10.3. The molecule has 0 unspecified atom stereocenters. The Labute approximate surface area is 134 Å². The van der Waals surface area contributed by atoms with Crippen LogP contribution in [0.25, 0.3) is 0 Å². The van der Waals surface area contributed by atoms with E-state index in [9.17, 15) is 9.59 Å². The molecular formula is C15H19ClN2O4. The van der Waals surface area contributed by atoms with Gasteiger partial charge in [0.05, 0.1) is 12.2 Å². The number of nitrogens with zero attached hydrogens (tertiary/aromatic N) is 1. The first kappa shape index (κ1) is 16.6. The second kappa shape index (κ2) is 8.00. The van der Waals surface area contributed by atoms with E-state index in [-0.39, 0.29) is 25.0 Å². The van der Waals surface area contributed by atoms with Crippen molar-refractivity contribution in [1.29, 1.82) is 0 Å². The number of hydrogen-bond acceptors (Lipinski definition) is 5. The maximum absolute atomic E-state index is 12.0. The molecule has 1 N–H and O–H groups in total. The number of amides is 1. The summed E-state index contributed by atoms with van der Waals surface area (Å²) in [6, 6.07) is 4.96. The van der Waals surface area contributed by atoms with Gasteiger partial charge in [0.15, 0.2) is 5.75 Å². The number of anilines is 1. The Hall–Kier alpha value is -1.79. The van der Waals surface area contributed by atoms with E-state index in [0.717, 1.165) is 6.42 Å². The molecule has 0 radical (unpaired) electrons. The Kier molecular flexibility index (Phi) is 6.03. The summed E-state index contributed by atoms with van der Waals surface area (Å²) in [5, 5.41) is 3.33. The first-order chi connectivity index (χ1) is 10.6. The van der Waals surface area contributed by atoms with Crippen LogP contribution in [0.4, 0.5) is 5.69 Å². The van der Waals surface area contributed by atoms with Crippen LogP contribution in [-0.2, 0) is 14.3 Å². The van der Waals surface area contributed by atoms with Gasteiger partial charge in [-0.1, -0.05) is 11.6 Å². The molecule has 1 heterocycles. The van der Waals surface area contributed by atoms with Crippen LogP contribution in [0.15, 0.2) is 18.2 Å². The zero-order valence-corrected chi connectivity index (χ0v) is 13.2. The Morgan fingerprint density at radius 1 is 1.50 bits per heavy atom. The van der Waals surface area contributed by atoms with Crippen molar-refractivity contribution in [3.05, 3.63) is 23.2 Å². The lowest BCUT2D eigenvalue weighted by molar-refractivity contribution is -0.133. The molecule has 1 aromatic rings. The lowest BCUT2D eigenvalue weighted by atomic mass is 10.2. The van der Waals surface area contributed by atoms with Crippen LogP contribution in [0.5, 0.6) is 5.75 Å². The van der Waals surface area contributed by atoms with Crippen LogP contribution in [0.1, 0.15) is 13.3 Å². The van der Waals surface area contributed by atoms with Crippen molar-refractivity contribution < 1.29 is 19.1 Å². The molecule has 22 heavy (non-hydrogen) atoms. The second-order valence-corrected chi connectivity index (χ2v) is 5.28. The molecule has 0 aromatic heterocycles. The molecule has 2 rings (SSSR count). The lowest BCUT2D eigenvalue weighted by Crippen LogP contribution is -2.43. The molecule has 0 spiro atoms. The number of hydrogen-bond donors (Lipinski definition) is 1. The van der Waals surface area contributed by atoms with E-state index >= 15 is 0 Å². The van der Waals surface area contributed by atoms with Crippen molar-refractivity contribution in [2.45, 2.75) is 13.3 Å². The van der Waals surface area contributed by atoms with E-state index in [2.05, 4.69) is 5.32 Å². The normalized spacial score (nSPS) is 13.5. The van der Waals surface area contributed by atoms with Gasteiger partial charge in [0.2, 0.25) is 5.91 Å². The number of nitrogens with one attached hydrogen (secondary N) is 1. The summed E-state index contributed by atoms with van der Waals surface area (Å²) in [5.41, 5.74) is 0.650. The Bertz CT molecular complexity index is 550. The zero-order chi connectivity index (χ0) is 15.9. The molecule has 0 saturated heterocycles. The van der Waals surface area contributed by atoms with Gasteiger partial charge >= 0.3 is 5.97 Å². The summed E-state index contributed by atoms with van der Waals surface area (Å²) in [6.07, 6.45) is 0.754. The van der Waals surface area contributed by atoms with Gasteiger partial charge in [-0.15, -0.1) is 0 Å². The molecule has 1 amide bonds. The molecule has 6 nitrogen and oxygen atoms in total. The van der Waals surface area contributed by atoms with Gasteiger partial charge < -0.3 is 19.7 Å². The number of carbonyl (C=O) groups is 2. The molecular weight excluding hydrogens is 308 g/mol. The molecule has 0 bridgehead atoms. The molecule has 0 saturated carbocycles. The average Bonchev–Trinajstić information content (AvgIpc) is 2.47. The number of ether oxygens (including phenoxy) is 2. The van der Waals surface area contributed by atoms with Crippen LogP contribution in [0, 0.1) is 0 Å². The molecule has 120 valence electrons. The predicted octanol–water partition coefficient (Wildman–Crippen LogP) is 1.61. The van der Waals surface area contributed by atoms with E-state index < -0.39 is 0 Å². The highest BCUT2D eigenvalue weighted by Crippen LogP contribution is 2.34. The third-order valence-corrected chi connectivity index (χ3v) is 3.37. The summed E-state index contributed by atoms with van der Waals surface area (Å²) >= 11 is 5.97. The monoisotopic (exact) mass is 326 g/mol. The number of fused-ring (bicyclic) bond motifs is 1. The summed E-state index contributed by atoms with van der Waals surface area (Å²) in [5.74, 6) is -0.124. The highest BCUT2D eigenvalue weighted by atomic mass is 35.5. The first-order valence-electron chi connectivity index (χ1n) is 7.19. The summed E-state index contributed by atoms with van der Waals surface area (Å²) in [7, 11) is 0. The van der Waals surface area contributed by atoms with Crippen molar-refractivity contribution in [2.75, 3.05) is 37.7 Å². The maximum Gasteiger partial charge on any atom is 0.331 e. The number of carbonyl (C=O) groups excluding carboxylic acids is 2. The number of esters is 1. The van der Waals surface area contributed by atoms with Crippen molar-refractivity contribution >= 4 is 29.2 Å². The van der Waals surface area contributed by atoms with E-state index in [1.807, 2.05) is 6.92 Å². The van der Waals surface area contributed by atoms with E-state index in [1.54, 1.807) is 23.1 Å². The summed E-state index contributed by atoms with van der Waals surface area (Å²) in [6.45, 7) is 3.86. The number of benzene rings is 1. The molecule has 1 aromatic carbocycles. The lowest BCUT2D eigenvalue weighted by Gasteiger charge is -2.29. The fourth-order valence-corrected chi connectivity index (χ4v) is 2.30. The third kappa shape index (κ3) is 4.61. The molecule has 0 atom stereocenters. The Morgan fingerprint density at radius 2 is 2.32 bits per heavy atom. The summed E-state index contributed by atoms with van der Waals surface area (Å²) in [4.78, 5) is 25.2. The maximum atomic E-state index is 12.0. The molecule has 0 aliphatic carbocycles. The Morgan fingerprint density at radius 3 is 3.09 bits per heavy atom. The average molecular weight is 327 g/mol. The predicted molar refractivity (Wildman–Crippen MR) is 83.4 cm³/mol. The first-order valence-corrected chi connectivity index (χ1v) is 7.57. The van der Waals surface area contributed by atoms with Gasteiger partial charge in [0.25, 0.3) is 0 Å². The van der Waals surface area contributed by atoms with Crippen molar-refractivity contribution in [1.82, 2.24) is 5.32 Å². The molecule has 1 aliphatic heterocycles. The van der Waals surface area contributed by atoms with Crippen LogP contribution >= 0.6 is 11.6 Å². The van der Waals surface area contributed by atoms with Gasteiger partial charge in [-0.2, -0.15) is 0 Å². The van der Waals surface area contributed by atoms with Gasteiger partial charge in [0.1, 0.15) is 6.54 Å². The second-order valence-electron chi connectivity index (χ2n) is 4.84. The largest absolute Gasteiger partial charge is 0.423 e. The van der Waals surface area contributed by atoms with Gasteiger partial charge in [0, 0.05) is 24.8 Å². The quantitative estimate of drug-likeness (QED) is 0.468. The smallest absolute Gasteiger partial charge is 0.331 e. The highest BCUT2D eigenvalue weighted by molar-refractivity contribution is 6.31. The number of rotatable bonds is 7. The Balaban J connectivity index is 1.91. The SMILES string of the molecule is CCOCCCNC(=O)CN1CC(=O)Oc2ccc(Cl)cc21. The molecule has 1 aliphatic rings. The van der Waals surface area contributed by atoms with Gasteiger partial charge in [-0.05, 0) is 31.5 Å². The van der Waals surface area contributed by atoms with Crippen LogP contribution in [0.3, 0.4) is 0 Å². The van der Waals surface area contributed by atoms with Crippen molar-refractivity contribution in [3.63, 3.8) is 0 Å². The van der Waals surface area contributed by atoms with E-state index in [1.165, 1.54) is 0 Å². The number of halogens is 1. The fourth-order valence-electron chi connectivity index (χ4n) is 2.14. The van der Waals surface area contributed by atoms with Crippen molar-refractivity contribution in [3.8, 4) is 5.75 Å². The fraction of sp³-hybridized carbons (Fsp3) is 0.467. The van der Waals surface area contributed by atoms with Crippen LogP contribution in [-0.4, -0.2) is 44.7 Å². The third-order valence-electron chi connectivity index (χ3n) is 3.13. The molecule has 7 heteroatoms. The minimum absolute atomic E-state index is 0.0275. The minimum Gasteiger partial charge on any atom is -0.423 e. The highest BCUT2D eigenvalue weighted by Gasteiger charge is 2.25. The van der Waals surface area contributed by atoms with Crippen LogP contribution in [0.2, 0.25) is 5.02 Å². The van der Waals surface area contributed by atoms with Crippen molar-refractivity contribution in [2.24, 2.45) is 0 Å². The van der Waals surface area contributed by atoms with Gasteiger partial charge in [-0.25, -0.2) is 4.79 Å².